The molecule has 1 atom stereocenters. The molecule has 0 fully saturated rings. The second kappa shape index (κ2) is 5.95. The molecule has 1 N–H and O–H groups in total. The molecule has 1 rings (SSSR count). The summed E-state index contributed by atoms with van der Waals surface area (Å²) >= 11 is 5.01. The molecule has 0 aliphatic carbocycles. The van der Waals surface area contributed by atoms with Crippen LogP contribution >= 0.6 is 27.3 Å². The summed E-state index contributed by atoms with van der Waals surface area (Å²) in [5.74, 6) is -0.615. The van der Waals surface area contributed by atoms with Gasteiger partial charge in [-0.05, 0) is 46.9 Å². The minimum Gasteiger partial charge on any atom is -0.467 e. The predicted octanol–water partition coefficient (Wildman–Crippen LogP) is 1.87. The maximum absolute atomic E-state index is 11.3. The summed E-state index contributed by atoms with van der Waals surface area (Å²) in [6, 6.07) is 2.02. The van der Waals surface area contributed by atoms with E-state index in [4.69, 9.17) is 0 Å². The lowest BCUT2D eigenvalue weighted by atomic mass is 10.1. The first kappa shape index (κ1) is 14.6. The van der Waals surface area contributed by atoms with Gasteiger partial charge >= 0.3 is 5.97 Å². The van der Waals surface area contributed by atoms with Gasteiger partial charge in [0, 0.05) is 13.1 Å². The molecule has 0 spiro atoms. The zero-order valence-corrected chi connectivity index (χ0v) is 12.5. The molecule has 0 radical (unpaired) electrons. The molecule has 1 aromatic rings. The lowest BCUT2D eigenvalue weighted by Gasteiger charge is -2.26. The smallest absolute Gasteiger partial charge is 0.338 e. The Morgan fingerprint density at radius 2 is 2.35 bits per heavy atom. The number of carbonyl (C=O) groups is 1. The minimum atomic E-state index is -1.48. The van der Waals surface area contributed by atoms with Crippen LogP contribution in [0.2, 0.25) is 0 Å². The van der Waals surface area contributed by atoms with Crippen molar-refractivity contribution in [2.45, 2.75) is 19.1 Å². The highest BCUT2D eigenvalue weighted by atomic mass is 79.9. The number of hydrogen-bond acceptors (Lipinski definition) is 5. The number of hydrogen-bond donors (Lipinski definition) is 1. The first-order valence-corrected chi connectivity index (χ1v) is 6.74. The van der Waals surface area contributed by atoms with Gasteiger partial charge in [-0.2, -0.15) is 0 Å². The molecule has 0 bridgehead atoms. The molecule has 0 aromatic carbocycles. The van der Waals surface area contributed by atoms with Gasteiger partial charge in [-0.3, -0.25) is 4.90 Å². The Balaban J connectivity index is 2.54. The van der Waals surface area contributed by atoms with Crippen molar-refractivity contribution in [2.24, 2.45) is 0 Å². The van der Waals surface area contributed by atoms with Crippen LogP contribution < -0.4 is 0 Å². The molecule has 0 saturated carbocycles. The molecular formula is C11H16BrNO3S. The standard InChI is InChI=1S/C11H16BrNO3S/c1-11(15,10(14)16-3)7-13(2)5-8-4-9(12)17-6-8/h4,6,15H,5,7H2,1-3H3. The van der Waals surface area contributed by atoms with Crippen molar-refractivity contribution < 1.29 is 14.6 Å². The van der Waals surface area contributed by atoms with E-state index in [0.29, 0.717) is 6.54 Å². The van der Waals surface area contributed by atoms with Crippen LogP contribution in [0.25, 0.3) is 0 Å². The van der Waals surface area contributed by atoms with E-state index < -0.39 is 11.6 Å². The van der Waals surface area contributed by atoms with E-state index >= 15 is 0 Å². The number of nitrogens with zero attached hydrogens (tertiary/aromatic N) is 1. The van der Waals surface area contributed by atoms with Crippen LogP contribution in [0.1, 0.15) is 12.5 Å². The van der Waals surface area contributed by atoms with Crippen LogP contribution in [0.4, 0.5) is 0 Å². The van der Waals surface area contributed by atoms with Crippen LogP contribution in [0.3, 0.4) is 0 Å². The molecule has 17 heavy (non-hydrogen) atoms. The lowest BCUT2D eigenvalue weighted by Crippen LogP contribution is -2.46. The predicted molar refractivity (Wildman–Crippen MR) is 71.0 cm³/mol. The molecule has 1 heterocycles. The Morgan fingerprint density at radius 1 is 1.71 bits per heavy atom. The van der Waals surface area contributed by atoms with Crippen molar-refractivity contribution in [2.75, 3.05) is 20.7 Å². The topological polar surface area (TPSA) is 49.8 Å². The molecule has 1 aromatic heterocycles. The van der Waals surface area contributed by atoms with E-state index in [9.17, 15) is 9.90 Å². The summed E-state index contributed by atoms with van der Waals surface area (Å²) in [6.45, 7) is 2.36. The fraction of sp³-hybridized carbons (Fsp3) is 0.545. The average Bonchev–Trinajstić information content (AvgIpc) is 2.61. The normalized spacial score (nSPS) is 14.7. The summed E-state index contributed by atoms with van der Waals surface area (Å²) in [5.41, 5.74) is -0.332. The number of likely N-dealkylation sites (N-methyl/N-ethyl adjacent to an activating group) is 1. The Kier molecular flexibility index (Phi) is 5.12. The van der Waals surface area contributed by atoms with Crippen molar-refractivity contribution in [3.05, 3.63) is 20.8 Å². The van der Waals surface area contributed by atoms with Crippen molar-refractivity contribution in [3.8, 4) is 0 Å². The third-order valence-electron chi connectivity index (χ3n) is 2.28. The molecule has 0 amide bonds. The molecule has 4 nitrogen and oxygen atoms in total. The highest BCUT2D eigenvalue weighted by molar-refractivity contribution is 9.11. The summed E-state index contributed by atoms with van der Waals surface area (Å²) in [6.07, 6.45) is 0. The number of aliphatic hydroxyl groups is 1. The molecule has 1 unspecified atom stereocenters. The van der Waals surface area contributed by atoms with E-state index in [1.165, 1.54) is 14.0 Å². The first-order valence-electron chi connectivity index (χ1n) is 5.07. The van der Waals surface area contributed by atoms with Gasteiger partial charge in [-0.1, -0.05) is 0 Å². The number of halogens is 1. The maximum atomic E-state index is 11.3. The highest BCUT2D eigenvalue weighted by Crippen LogP contribution is 2.22. The van der Waals surface area contributed by atoms with Gasteiger partial charge in [-0.15, -0.1) is 11.3 Å². The zero-order chi connectivity index (χ0) is 13.1. The zero-order valence-electron chi connectivity index (χ0n) is 10.1. The van der Waals surface area contributed by atoms with Gasteiger partial charge < -0.3 is 9.84 Å². The number of carbonyl (C=O) groups excluding carboxylic acids is 1. The second-order valence-corrected chi connectivity index (χ2v) is 6.49. The Morgan fingerprint density at radius 3 is 2.82 bits per heavy atom. The fourth-order valence-corrected chi connectivity index (χ4v) is 2.81. The van der Waals surface area contributed by atoms with Crippen LogP contribution in [0.5, 0.6) is 0 Å². The van der Waals surface area contributed by atoms with Crippen LogP contribution in [0.15, 0.2) is 15.2 Å². The van der Waals surface area contributed by atoms with E-state index in [1.807, 2.05) is 23.4 Å². The second-order valence-electron chi connectivity index (χ2n) is 4.20. The van der Waals surface area contributed by atoms with Crippen molar-refractivity contribution in [3.63, 3.8) is 0 Å². The molecule has 0 aliphatic heterocycles. The Bertz CT molecular complexity index is 392. The number of methoxy groups -OCH3 is 1. The number of ether oxygens (including phenoxy) is 1. The van der Waals surface area contributed by atoms with Gasteiger partial charge in [-0.25, -0.2) is 4.79 Å². The Hall–Kier alpha value is -0.430. The van der Waals surface area contributed by atoms with Gasteiger partial charge in [0.25, 0.3) is 0 Å². The average molecular weight is 322 g/mol. The summed E-state index contributed by atoms with van der Waals surface area (Å²) in [4.78, 5) is 13.2. The maximum Gasteiger partial charge on any atom is 0.338 e. The minimum absolute atomic E-state index is 0.229. The summed E-state index contributed by atoms with van der Waals surface area (Å²) in [7, 11) is 3.12. The van der Waals surface area contributed by atoms with Crippen molar-refractivity contribution >= 4 is 33.2 Å². The van der Waals surface area contributed by atoms with Crippen molar-refractivity contribution in [1.82, 2.24) is 4.90 Å². The van der Waals surface area contributed by atoms with Crippen LogP contribution in [-0.4, -0.2) is 42.3 Å². The summed E-state index contributed by atoms with van der Waals surface area (Å²) in [5, 5.41) is 11.9. The van der Waals surface area contributed by atoms with E-state index in [2.05, 4.69) is 20.7 Å². The van der Waals surface area contributed by atoms with Crippen LogP contribution in [-0.2, 0) is 16.1 Å². The number of esters is 1. The van der Waals surface area contributed by atoms with Crippen LogP contribution in [0, 0.1) is 0 Å². The molecule has 0 saturated heterocycles. The number of thiophene rings is 1. The third-order valence-corrected chi connectivity index (χ3v) is 3.83. The number of rotatable bonds is 5. The third kappa shape index (κ3) is 4.39. The molecule has 6 heteroatoms. The highest BCUT2D eigenvalue weighted by Gasteiger charge is 2.32. The molecule has 96 valence electrons. The monoisotopic (exact) mass is 321 g/mol. The lowest BCUT2D eigenvalue weighted by molar-refractivity contribution is -0.162. The van der Waals surface area contributed by atoms with Gasteiger partial charge in [0.15, 0.2) is 5.60 Å². The first-order chi connectivity index (χ1) is 7.85. The van der Waals surface area contributed by atoms with Gasteiger partial charge in [0.1, 0.15) is 0 Å². The Labute approximate surface area is 113 Å². The van der Waals surface area contributed by atoms with Gasteiger partial charge in [0.05, 0.1) is 10.9 Å². The van der Waals surface area contributed by atoms with E-state index in [-0.39, 0.29) is 6.54 Å². The quantitative estimate of drug-likeness (QED) is 0.841. The van der Waals surface area contributed by atoms with Crippen molar-refractivity contribution in [1.29, 1.82) is 0 Å². The fourth-order valence-electron chi connectivity index (χ4n) is 1.61. The molecular weight excluding hydrogens is 306 g/mol. The molecule has 0 aliphatic rings. The van der Waals surface area contributed by atoms with E-state index in [0.717, 1.165) is 9.35 Å². The van der Waals surface area contributed by atoms with Gasteiger partial charge in [0.2, 0.25) is 0 Å². The SMILES string of the molecule is COC(=O)C(C)(O)CN(C)Cc1csc(Br)c1. The van der Waals surface area contributed by atoms with E-state index in [1.54, 1.807) is 11.3 Å². The summed E-state index contributed by atoms with van der Waals surface area (Å²) < 4.78 is 5.62. The largest absolute Gasteiger partial charge is 0.467 e.